The lowest BCUT2D eigenvalue weighted by Gasteiger charge is -2.61. The van der Waals surface area contributed by atoms with Gasteiger partial charge in [0, 0.05) is 23.5 Å². The van der Waals surface area contributed by atoms with Crippen molar-refractivity contribution in [1.82, 2.24) is 0 Å². The fourth-order valence-electron chi connectivity index (χ4n) is 5.68. The van der Waals surface area contributed by atoms with Crippen LogP contribution >= 0.6 is 0 Å². The second-order valence-corrected chi connectivity index (χ2v) is 9.61. The summed E-state index contributed by atoms with van der Waals surface area (Å²) in [5, 5.41) is 32.3. The van der Waals surface area contributed by atoms with Crippen LogP contribution in [0.1, 0.15) is 33.6 Å². The van der Waals surface area contributed by atoms with Gasteiger partial charge in [-0.05, 0) is 39.3 Å². The van der Waals surface area contributed by atoms with Crippen LogP contribution in [0.25, 0.3) is 0 Å². The molecule has 1 heterocycles. The number of ether oxygens (including phenoxy) is 3. The van der Waals surface area contributed by atoms with Crippen LogP contribution in [0.3, 0.4) is 0 Å². The molecule has 4 aliphatic carbocycles. The van der Waals surface area contributed by atoms with E-state index in [9.17, 15) is 34.5 Å². The largest absolute Gasteiger partial charge is 0.508 e. The zero-order valence-electron chi connectivity index (χ0n) is 19.8. The number of Topliss-reactive ketones (excluding diaryl/α,β-unsaturated/α-hetero) is 2. The molecule has 1 spiro atoms. The number of aliphatic hydroxyl groups is 3. The quantitative estimate of drug-likeness (QED) is 0.170. The molecule has 3 saturated carbocycles. The van der Waals surface area contributed by atoms with Gasteiger partial charge in [-0.15, -0.1) is 0 Å². The maximum Gasteiger partial charge on any atom is 0.340 e. The lowest BCUT2D eigenvalue weighted by molar-refractivity contribution is -0.270. The molecule has 35 heavy (non-hydrogen) atoms. The Bertz CT molecular complexity index is 1130. The highest BCUT2D eigenvalue weighted by Crippen LogP contribution is 2.61. The van der Waals surface area contributed by atoms with Gasteiger partial charge < -0.3 is 29.5 Å². The molecule has 7 atom stereocenters. The standard InChI is InChI=1S/C25H28O10/c1-5-6-7-8-14(26)17-13-11-25(23(2,19(17)28)21(30)24(13,3)32)22(31)34-18-15(27)9-12(20(29)33-4)10-16(18)35-25/h5-8,10,13,15-16,18,26-27,32H,9,11H2,1-4H3/b6-5+,8-7+,17-14-/t13-,15-,16+,18+,23+,24-,25-/m1/s1. The Morgan fingerprint density at radius 2 is 1.91 bits per heavy atom. The third kappa shape index (κ3) is 3.27. The molecule has 0 amide bonds. The Morgan fingerprint density at radius 1 is 1.23 bits per heavy atom. The van der Waals surface area contributed by atoms with E-state index in [4.69, 9.17) is 14.2 Å². The topological polar surface area (TPSA) is 157 Å². The zero-order chi connectivity index (χ0) is 25.9. The predicted molar refractivity (Wildman–Crippen MR) is 119 cm³/mol. The van der Waals surface area contributed by atoms with E-state index in [2.05, 4.69) is 0 Å². The summed E-state index contributed by atoms with van der Waals surface area (Å²) < 4.78 is 16.4. The van der Waals surface area contributed by atoms with Gasteiger partial charge in [-0.2, -0.15) is 0 Å². The first kappa shape index (κ1) is 25.0. The molecule has 10 heteroatoms. The molecular formula is C25H28O10. The minimum absolute atomic E-state index is 0.0949. The van der Waals surface area contributed by atoms with E-state index in [-0.39, 0.29) is 24.0 Å². The molecule has 5 rings (SSSR count). The number of carbonyl (C=O) groups is 4. The average molecular weight is 488 g/mol. The van der Waals surface area contributed by atoms with Gasteiger partial charge in [-0.3, -0.25) is 9.59 Å². The predicted octanol–water partition coefficient (Wildman–Crippen LogP) is 0.773. The molecule has 4 fully saturated rings. The molecule has 2 bridgehead atoms. The summed E-state index contributed by atoms with van der Waals surface area (Å²) in [5.41, 5.74) is -6.55. The molecule has 0 aromatic rings. The van der Waals surface area contributed by atoms with Crippen molar-refractivity contribution in [2.45, 2.75) is 63.1 Å². The summed E-state index contributed by atoms with van der Waals surface area (Å²) in [6.07, 6.45) is 3.37. The van der Waals surface area contributed by atoms with E-state index in [1.165, 1.54) is 39.2 Å². The minimum Gasteiger partial charge on any atom is -0.508 e. The van der Waals surface area contributed by atoms with Gasteiger partial charge in [-0.1, -0.05) is 18.2 Å². The number of carbonyl (C=O) groups excluding carboxylic acids is 4. The highest BCUT2D eigenvalue weighted by Gasteiger charge is 2.79. The lowest BCUT2D eigenvalue weighted by Crippen LogP contribution is -2.79. The van der Waals surface area contributed by atoms with Crippen molar-refractivity contribution in [2.24, 2.45) is 11.3 Å². The zero-order valence-corrected chi connectivity index (χ0v) is 19.8. The number of rotatable bonds is 3. The van der Waals surface area contributed by atoms with Gasteiger partial charge in [0.1, 0.15) is 22.9 Å². The third-order valence-corrected chi connectivity index (χ3v) is 7.63. The van der Waals surface area contributed by atoms with Crippen LogP contribution in [-0.4, -0.2) is 75.4 Å². The van der Waals surface area contributed by atoms with Gasteiger partial charge >= 0.3 is 11.9 Å². The Morgan fingerprint density at radius 3 is 2.54 bits per heavy atom. The highest BCUT2D eigenvalue weighted by atomic mass is 16.6. The number of aliphatic hydroxyl groups excluding tert-OH is 2. The number of esters is 2. The molecule has 188 valence electrons. The average Bonchev–Trinajstić information content (AvgIpc) is 2.81. The molecule has 0 aromatic carbocycles. The van der Waals surface area contributed by atoms with E-state index in [1.54, 1.807) is 19.1 Å². The van der Waals surface area contributed by atoms with E-state index in [0.717, 1.165) is 0 Å². The molecule has 0 unspecified atom stereocenters. The van der Waals surface area contributed by atoms with Gasteiger partial charge in [0.2, 0.25) is 0 Å². The van der Waals surface area contributed by atoms with Crippen molar-refractivity contribution in [1.29, 1.82) is 0 Å². The lowest BCUT2D eigenvalue weighted by atomic mass is 9.45. The molecule has 0 aromatic heterocycles. The first-order chi connectivity index (χ1) is 16.4. The van der Waals surface area contributed by atoms with Gasteiger partial charge in [0.15, 0.2) is 23.3 Å². The Labute approximate surface area is 201 Å². The fraction of sp³-hybridized carbons (Fsp3) is 0.520. The highest BCUT2D eigenvalue weighted by molar-refractivity contribution is 6.25. The van der Waals surface area contributed by atoms with Gasteiger partial charge in [0.05, 0.1) is 13.2 Å². The summed E-state index contributed by atoms with van der Waals surface area (Å²) in [4.78, 5) is 52.7. The van der Waals surface area contributed by atoms with Crippen molar-refractivity contribution in [3.8, 4) is 0 Å². The van der Waals surface area contributed by atoms with E-state index >= 15 is 0 Å². The number of methoxy groups -OCH3 is 1. The summed E-state index contributed by atoms with van der Waals surface area (Å²) in [7, 11) is 1.18. The molecule has 1 saturated heterocycles. The Balaban J connectivity index is 1.84. The van der Waals surface area contributed by atoms with Gasteiger partial charge in [-0.25, -0.2) is 9.59 Å². The molecule has 1 aliphatic heterocycles. The first-order valence-electron chi connectivity index (χ1n) is 11.3. The number of hydrogen-bond donors (Lipinski definition) is 3. The molecule has 0 radical (unpaired) electrons. The van der Waals surface area contributed by atoms with E-state index in [0.29, 0.717) is 0 Å². The van der Waals surface area contributed by atoms with Crippen molar-refractivity contribution in [3.63, 3.8) is 0 Å². The number of allylic oxidation sites excluding steroid dienone is 4. The molecule has 3 N–H and O–H groups in total. The Hall–Kier alpha value is -3.08. The summed E-state index contributed by atoms with van der Waals surface area (Å²) in [5.74, 6) is -5.25. The minimum atomic E-state index is -2.24. The summed E-state index contributed by atoms with van der Waals surface area (Å²) in [6, 6.07) is 0. The van der Waals surface area contributed by atoms with Crippen LogP contribution in [0.5, 0.6) is 0 Å². The van der Waals surface area contributed by atoms with Crippen LogP contribution in [-0.2, 0) is 33.4 Å². The number of fused-ring (bicyclic) bond motifs is 3. The SMILES string of the molecule is C/C=C/C=C/C(O)=C1/C(=O)[C@@]2(C)C(=O)[C@](C)(O)[C@@H]1C[C@]21O[C@H]2C=C(C(=O)OC)C[C@@H](O)[C@@H]2OC1=O. The van der Waals surface area contributed by atoms with E-state index in [1.807, 2.05) is 0 Å². The molecule has 5 aliphatic rings. The first-order valence-corrected chi connectivity index (χ1v) is 11.3. The van der Waals surface area contributed by atoms with Crippen LogP contribution in [0.4, 0.5) is 0 Å². The second-order valence-electron chi connectivity index (χ2n) is 9.61. The third-order valence-electron chi connectivity index (χ3n) is 7.63. The van der Waals surface area contributed by atoms with Crippen molar-refractivity contribution in [3.05, 3.63) is 47.3 Å². The summed E-state index contributed by atoms with van der Waals surface area (Å²) >= 11 is 0. The number of hydrogen-bond acceptors (Lipinski definition) is 10. The number of ketones is 2. The molecular weight excluding hydrogens is 460 g/mol. The van der Waals surface area contributed by atoms with Crippen molar-refractivity contribution in [2.75, 3.05) is 7.11 Å². The van der Waals surface area contributed by atoms with Crippen LogP contribution in [0.2, 0.25) is 0 Å². The summed E-state index contributed by atoms with van der Waals surface area (Å²) in [6.45, 7) is 4.19. The maximum atomic E-state index is 13.7. The van der Waals surface area contributed by atoms with Crippen molar-refractivity contribution < 1.29 is 48.7 Å². The van der Waals surface area contributed by atoms with Crippen LogP contribution in [0, 0.1) is 11.3 Å². The fourth-order valence-corrected chi connectivity index (χ4v) is 5.68. The van der Waals surface area contributed by atoms with Crippen molar-refractivity contribution >= 4 is 23.5 Å². The van der Waals surface area contributed by atoms with Crippen LogP contribution in [0.15, 0.2) is 47.3 Å². The second kappa shape index (κ2) is 8.25. The maximum absolute atomic E-state index is 13.7. The van der Waals surface area contributed by atoms with E-state index < -0.39 is 70.1 Å². The monoisotopic (exact) mass is 488 g/mol. The van der Waals surface area contributed by atoms with Gasteiger partial charge in [0.25, 0.3) is 0 Å². The molecule has 10 nitrogen and oxygen atoms in total. The normalized spacial score (nSPS) is 42.3. The Kier molecular flexibility index (Phi) is 5.90. The smallest absolute Gasteiger partial charge is 0.340 e. The van der Waals surface area contributed by atoms with Crippen LogP contribution < -0.4 is 0 Å².